The number of anilines is 2. The van der Waals surface area contributed by atoms with E-state index in [2.05, 4.69) is 10.1 Å². The van der Waals surface area contributed by atoms with E-state index in [4.69, 9.17) is 26.0 Å². The molecule has 3 atom stereocenters. The van der Waals surface area contributed by atoms with Crippen molar-refractivity contribution in [1.82, 2.24) is 10.1 Å². The maximum atomic E-state index is 13.6. The lowest BCUT2D eigenvalue weighted by atomic mass is 9.94. The molecule has 1 aliphatic carbocycles. The first-order chi connectivity index (χ1) is 16.1. The van der Waals surface area contributed by atoms with Crippen molar-refractivity contribution >= 4 is 50.8 Å². The quantitative estimate of drug-likeness (QED) is 0.499. The molecule has 2 aliphatic rings. The maximum Gasteiger partial charge on any atom is 0.242 e. The highest BCUT2D eigenvalue weighted by atomic mass is 35.5. The molecule has 180 valence electrons. The number of pyridine rings is 1. The Hall–Kier alpha value is -2.49. The Kier molecular flexibility index (Phi) is 5.69. The number of ether oxygens (including phenoxy) is 1. The van der Waals surface area contributed by atoms with E-state index in [1.807, 2.05) is 39.8 Å². The van der Waals surface area contributed by atoms with Gasteiger partial charge in [-0.15, -0.1) is 0 Å². The van der Waals surface area contributed by atoms with Crippen LogP contribution in [-0.2, 0) is 21.2 Å². The molecular formula is C24H27ClN4O4S. The summed E-state index contributed by atoms with van der Waals surface area (Å²) in [7, 11) is -1.49. The van der Waals surface area contributed by atoms with Gasteiger partial charge in [0.2, 0.25) is 11.8 Å². The molecule has 10 heteroatoms. The van der Waals surface area contributed by atoms with E-state index < -0.39 is 16.4 Å². The molecule has 3 heterocycles. The number of amides is 1. The molecule has 0 bridgehead atoms. The van der Waals surface area contributed by atoms with Crippen LogP contribution in [0.3, 0.4) is 0 Å². The minimum absolute atomic E-state index is 0.00264. The number of aromatic nitrogens is 2. The highest BCUT2D eigenvalue weighted by Gasteiger charge is 2.60. The van der Waals surface area contributed by atoms with E-state index in [1.54, 1.807) is 17.2 Å². The van der Waals surface area contributed by atoms with Crippen molar-refractivity contribution in [3.8, 4) is 5.88 Å². The highest BCUT2D eigenvalue weighted by Crippen LogP contribution is 2.60. The third-order valence-corrected chi connectivity index (χ3v) is 8.25. The summed E-state index contributed by atoms with van der Waals surface area (Å²) in [5, 5.41) is 10.8. The van der Waals surface area contributed by atoms with Crippen LogP contribution >= 0.6 is 11.6 Å². The summed E-state index contributed by atoms with van der Waals surface area (Å²) >= 11 is 6.45. The van der Waals surface area contributed by atoms with Crippen LogP contribution in [0.25, 0.3) is 11.0 Å². The van der Waals surface area contributed by atoms with Crippen LogP contribution in [0.5, 0.6) is 5.88 Å². The standard InChI is InChI=1S/C24H27ClN4O4S/c1-12(2)11-32-22-18(25)7-15(10-27-22)29-19-9-20-16(8-17(19)24(5-6-24)23(29)30)21(28-33-20)13(3)14(4)34(26)31/h7-10,12-14H,5-6,11,26H2,1-4H3. The Morgan fingerprint density at radius 3 is 2.62 bits per heavy atom. The Bertz CT molecular complexity index is 1320. The van der Waals surface area contributed by atoms with Crippen LogP contribution in [0, 0.1) is 5.92 Å². The molecule has 1 spiro atoms. The molecule has 2 aromatic heterocycles. The fraction of sp³-hybridized carbons (Fsp3) is 0.458. The maximum absolute atomic E-state index is 13.6. The Morgan fingerprint density at radius 1 is 1.26 bits per heavy atom. The molecule has 34 heavy (non-hydrogen) atoms. The van der Waals surface area contributed by atoms with E-state index in [0.29, 0.717) is 40.4 Å². The largest absolute Gasteiger partial charge is 0.476 e. The molecule has 3 aromatic rings. The second-order valence-corrected chi connectivity index (χ2v) is 11.5. The summed E-state index contributed by atoms with van der Waals surface area (Å²) in [4.78, 5) is 19.6. The van der Waals surface area contributed by atoms with Crippen molar-refractivity contribution in [3.63, 3.8) is 0 Å². The number of hydrogen-bond donors (Lipinski definition) is 1. The van der Waals surface area contributed by atoms with Crippen LogP contribution in [0.1, 0.15) is 57.7 Å². The predicted molar refractivity (Wildman–Crippen MR) is 132 cm³/mol. The Labute approximate surface area is 205 Å². The second-order valence-electron chi connectivity index (χ2n) is 9.66. The van der Waals surface area contributed by atoms with E-state index >= 15 is 0 Å². The van der Waals surface area contributed by atoms with Crippen molar-refractivity contribution in [3.05, 3.63) is 40.7 Å². The second kappa shape index (κ2) is 8.32. The summed E-state index contributed by atoms with van der Waals surface area (Å²) in [6, 6.07) is 5.56. The number of benzene rings is 1. The van der Waals surface area contributed by atoms with E-state index in [1.165, 1.54) is 0 Å². The minimum Gasteiger partial charge on any atom is -0.476 e. The van der Waals surface area contributed by atoms with Crippen molar-refractivity contribution in [2.45, 2.75) is 57.1 Å². The first-order valence-electron chi connectivity index (χ1n) is 11.4. The molecule has 1 saturated carbocycles. The van der Waals surface area contributed by atoms with Gasteiger partial charge in [-0.3, -0.25) is 14.8 Å². The number of carbonyl (C=O) groups is 1. The molecule has 8 nitrogen and oxygen atoms in total. The highest BCUT2D eigenvalue weighted by molar-refractivity contribution is 7.83. The van der Waals surface area contributed by atoms with Gasteiger partial charge < -0.3 is 9.26 Å². The molecule has 0 radical (unpaired) electrons. The average molecular weight is 503 g/mol. The van der Waals surface area contributed by atoms with Crippen molar-refractivity contribution in [2.24, 2.45) is 11.1 Å². The lowest BCUT2D eigenvalue weighted by Gasteiger charge is -2.19. The summed E-state index contributed by atoms with van der Waals surface area (Å²) in [6.45, 7) is 8.35. The van der Waals surface area contributed by atoms with Crippen LogP contribution in [-0.4, -0.2) is 32.1 Å². The van der Waals surface area contributed by atoms with Gasteiger partial charge >= 0.3 is 0 Å². The fourth-order valence-corrected chi connectivity index (χ4v) is 5.25. The molecule has 2 N–H and O–H groups in total. The van der Waals surface area contributed by atoms with Gasteiger partial charge in [-0.05, 0) is 43.4 Å². The van der Waals surface area contributed by atoms with Gasteiger partial charge in [-0.1, -0.05) is 37.5 Å². The lowest BCUT2D eigenvalue weighted by Crippen LogP contribution is -2.28. The Morgan fingerprint density at radius 2 is 2.00 bits per heavy atom. The van der Waals surface area contributed by atoms with E-state index in [9.17, 15) is 9.00 Å². The van der Waals surface area contributed by atoms with Crippen molar-refractivity contribution < 1.29 is 18.3 Å². The molecule has 3 unspecified atom stereocenters. The smallest absolute Gasteiger partial charge is 0.242 e. The summed E-state index contributed by atoms with van der Waals surface area (Å²) in [5.74, 6) is 0.518. The van der Waals surface area contributed by atoms with Gasteiger partial charge in [0.25, 0.3) is 0 Å². The summed E-state index contributed by atoms with van der Waals surface area (Å²) < 4.78 is 23.2. The third kappa shape index (κ3) is 3.61. The molecule has 0 saturated heterocycles. The number of nitrogens with zero attached hydrogens (tertiary/aromatic N) is 3. The van der Waals surface area contributed by atoms with Gasteiger partial charge in [0.1, 0.15) is 5.02 Å². The van der Waals surface area contributed by atoms with Gasteiger partial charge in [0.15, 0.2) is 5.58 Å². The van der Waals surface area contributed by atoms with Gasteiger partial charge in [-0.25, -0.2) is 9.19 Å². The average Bonchev–Trinajstić information content (AvgIpc) is 3.44. The first kappa shape index (κ1) is 23.3. The molecule has 1 aromatic carbocycles. The normalized spacial score (nSPS) is 19.0. The SMILES string of the molecule is CC(C)COc1ncc(N2C(=O)C3(CC3)c3cc4c(C(C)C(C)S(N)=O)noc4cc32)cc1Cl. The summed E-state index contributed by atoms with van der Waals surface area (Å²) in [6.07, 6.45) is 3.16. The van der Waals surface area contributed by atoms with E-state index in [0.717, 1.165) is 29.5 Å². The molecule has 5 rings (SSSR count). The number of carbonyl (C=O) groups excluding carboxylic acids is 1. The zero-order valence-corrected chi connectivity index (χ0v) is 21.1. The van der Waals surface area contributed by atoms with Gasteiger partial charge in [0.05, 0.1) is 51.5 Å². The van der Waals surface area contributed by atoms with Crippen LogP contribution in [0.2, 0.25) is 5.02 Å². The predicted octanol–water partition coefficient (Wildman–Crippen LogP) is 4.74. The first-order valence-corrected chi connectivity index (χ1v) is 13.0. The number of nitrogens with two attached hydrogens (primary N) is 1. The number of halogens is 1. The summed E-state index contributed by atoms with van der Waals surface area (Å²) in [5.41, 5.74) is 2.97. The third-order valence-electron chi connectivity index (χ3n) is 6.84. The Balaban J connectivity index is 1.57. The van der Waals surface area contributed by atoms with Crippen LogP contribution in [0.15, 0.2) is 28.9 Å². The number of rotatable bonds is 7. The topological polar surface area (TPSA) is 112 Å². The molecular weight excluding hydrogens is 476 g/mol. The minimum atomic E-state index is -1.49. The van der Waals surface area contributed by atoms with Crippen molar-refractivity contribution in [1.29, 1.82) is 0 Å². The fourth-order valence-electron chi connectivity index (χ4n) is 4.51. The zero-order valence-electron chi connectivity index (χ0n) is 19.5. The number of hydrogen-bond acceptors (Lipinski definition) is 6. The van der Waals surface area contributed by atoms with Gasteiger partial charge in [0, 0.05) is 17.4 Å². The number of fused-ring (bicyclic) bond motifs is 3. The molecule has 1 aliphatic heterocycles. The monoisotopic (exact) mass is 502 g/mol. The zero-order chi connectivity index (χ0) is 24.4. The van der Waals surface area contributed by atoms with E-state index in [-0.39, 0.29) is 17.1 Å². The van der Waals surface area contributed by atoms with Crippen LogP contribution in [0.4, 0.5) is 11.4 Å². The molecule has 1 fully saturated rings. The van der Waals surface area contributed by atoms with Crippen molar-refractivity contribution in [2.75, 3.05) is 11.5 Å². The lowest BCUT2D eigenvalue weighted by molar-refractivity contribution is -0.119. The van der Waals surface area contributed by atoms with Gasteiger partial charge in [-0.2, -0.15) is 0 Å². The molecule has 1 amide bonds. The van der Waals surface area contributed by atoms with Crippen LogP contribution < -0.4 is 14.8 Å².